The van der Waals surface area contributed by atoms with Crippen LogP contribution in [0.25, 0.3) is 5.78 Å². The maximum absolute atomic E-state index is 12.0. The Labute approximate surface area is 141 Å². The van der Waals surface area contributed by atoms with Crippen LogP contribution in [0.4, 0.5) is 5.82 Å². The Morgan fingerprint density at radius 3 is 2.62 bits per heavy atom. The van der Waals surface area contributed by atoms with E-state index >= 15 is 0 Å². The topological polar surface area (TPSA) is 75.9 Å². The summed E-state index contributed by atoms with van der Waals surface area (Å²) < 4.78 is 7.15. The molecule has 3 rings (SSSR count). The highest BCUT2D eigenvalue weighted by Crippen LogP contribution is 2.18. The molecule has 130 valence electrons. The first-order chi connectivity index (χ1) is 11.3. The minimum absolute atomic E-state index is 0.172. The lowest BCUT2D eigenvalue weighted by molar-refractivity contribution is -0.156. The maximum Gasteiger partial charge on any atom is 0.320 e. The molecule has 0 bridgehead atoms. The molecule has 0 amide bonds. The van der Waals surface area contributed by atoms with Crippen LogP contribution in [0.1, 0.15) is 26.5 Å². The number of carbonyl (C=O) groups excluding carboxylic acids is 1. The molecular weight excluding hydrogens is 308 g/mol. The molecular formula is C16H24N6O2. The number of carbonyl (C=O) groups is 1. The van der Waals surface area contributed by atoms with Crippen molar-refractivity contribution in [2.75, 3.05) is 37.6 Å². The molecule has 0 N–H and O–H groups in total. The summed E-state index contributed by atoms with van der Waals surface area (Å²) in [5.74, 6) is 1.43. The van der Waals surface area contributed by atoms with Gasteiger partial charge in [0, 0.05) is 37.9 Å². The van der Waals surface area contributed by atoms with Gasteiger partial charge in [0.05, 0.1) is 6.54 Å². The van der Waals surface area contributed by atoms with Crippen molar-refractivity contribution in [1.82, 2.24) is 24.5 Å². The van der Waals surface area contributed by atoms with Crippen molar-refractivity contribution < 1.29 is 9.53 Å². The Morgan fingerprint density at radius 1 is 1.25 bits per heavy atom. The molecule has 1 aliphatic rings. The number of aryl methyl sites for hydroxylation is 1. The Hall–Kier alpha value is -2.22. The predicted octanol–water partition coefficient (Wildman–Crippen LogP) is 0.896. The molecule has 3 heterocycles. The first kappa shape index (κ1) is 16.6. The number of piperazine rings is 1. The van der Waals surface area contributed by atoms with Crippen LogP contribution in [0.3, 0.4) is 0 Å². The van der Waals surface area contributed by atoms with E-state index in [1.165, 1.54) is 6.33 Å². The van der Waals surface area contributed by atoms with Gasteiger partial charge >= 0.3 is 5.97 Å². The largest absolute Gasteiger partial charge is 0.459 e. The van der Waals surface area contributed by atoms with Crippen molar-refractivity contribution in [3.05, 3.63) is 18.1 Å². The minimum atomic E-state index is -0.438. The molecule has 0 radical (unpaired) electrons. The Kier molecular flexibility index (Phi) is 4.40. The quantitative estimate of drug-likeness (QED) is 0.773. The molecule has 0 atom stereocenters. The number of hydrogen-bond donors (Lipinski definition) is 0. The van der Waals surface area contributed by atoms with Gasteiger partial charge in [0.25, 0.3) is 5.78 Å². The summed E-state index contributed by atoms with van der Waals surface area (Å²) in [6.45, 7) is 11.2. The number of anilines is 1. The minimum Gasteiger partial charge on any atom is -0.459 e. The fourth-order valence-electron chi connectivity index (χ4n) is 2.83. The van der Waals surface area contributed by atoms with Gasteiger partial charge in [-0.15, -0.1) is 0 Å². The Morgan fingerprint density at radius 2 is 1.96 bits per heavy atom. The lowest BCUT2D eigenvalue weighted by atomic mass is 10.2. The summed E-state index contributed by atoms with van der Waals surface area (Å²) in [6.07, 6.45) is 1.52. The molecule has 1 fully saturated rings. The van der Waals surface area contributed by atoms with Crippen LogP contribution in [0.15, 0.2) is 12.4 Å². The molecule has 0 unspecified atom stereocenters. The highest BCUT2D eigenvalue weighted by Gasteiger charge is 2.24. The van der Waals surface area contributed by atoms with Gasteiger partial charge in [0.1, 0.15) is 17.7 Å². The monoisotopic (exact) mass is 332 g/mol. The number of aromatic nitrogens is 4. The Balaban J connectivity index is 1.62. The normalized spacial score (nSPS) is 16.6. The van der Waals surface area contributed by atoms with Gasteiger partial charge in [-0.1, -0.05) is 0 Å². The van der Waals surface area contributed by atoms with E-state index in [9.17, 15) is 4.79 Å². The van der Waals surface area contributed by atoms with Crippen molar-refractivity contribution in [1.29, 1.82) is 0 Å². The fraction of sp³-hybridized carbons (Fsp3) is 0.625. The number of fused-ring (bicyclic) bond motifs is 1. The van der Waals surface area contributed by atoms with Crippen molar-refractivity contribution in [2.24, 2.45) is 0 Å². The van der Waals surface area contributed by atoms with E-state index in [-0.39, 0.29) is 5.97 Å². The second-order valence-corrected chi connectivity index (χ2v) is 7.08. The van der Waals surface area contributed by atoms with Crippen molar-refractivity contribution in [3.63, 3.8) is 0 Å². The second-order valence-electron chi connectivity index (χ2n) is 7.08. The first-order valence-corrected chi connectivity index (χ1v) is 8.18. The van der Waals surface area contributed by atoms with Crippen LogP contribution in [-0.4, -0.2) is 68.8 Å². The van der Waals surface area contributed by atoms with E-state index < -0.39 is 5.60 Å². The zero-order chi connectivity index (χ0) is 17.3. The molecule has 0 spiro atoms. The fourth-order valence-corrected chi connectivity index (χ4v) is 2.83. The average Bonchev–Trinajstić information content (AvgIpc) is 2.93. The molecule has 2 aromatic heterocycles. The number of nitrogens with zero attached hydrogens (tertiary/aromatic N) is 6. The van der Waals surface area contributed by atoms with E-state index in [0.717, 1.165) is 37.7 Å². The Bertz CT molecular complexity index is 728. The average molecular weight is 332 g/mol. The maximum atomic E-state index is 12.0. The number of ether oxygens (including phenoxy) is 1. The summed E-state index contributed by atoms with van der Waals surface area (Å²) in [7, 11) is 0. The number of esters is 1. The molecule has 8 nitrogen and oxygen atoms in total. The van der Waals surface area contributed by atoms with Crippen molar-refractivity contribution in [3.8, 4) is 0 Å². The molecule has 1 aliphatic heterocycles. The zero-order valence-corrected chi connectivity index (χ0v) is 14.7. The summed E-state index contributed by atoms with van der Waals surface area (Å²) in [6, 6.07) is 2.02. The van der Waals surface area contributed by atoms with Crippen LogP contribution >= 0.6 is 0 Å². The lowest BCUT2D eigenvalue weighted by Crippen LogP contribution is -2.49. The van der Waals surface area contributed by atoms with Crippen molar-refractivity contribution in [2.45, 2.75) is 33.3 Å². The van der Waals surface area contributed by atoms with Gasteiger partial charge in [-0.3, -0.25) is 9.69 Å². The third-order valence-corrected chi connectivity index (χ3v) is 3.83. The highest BCUT2D eigenvalue weighted by molar-refractivity contribution is 5.72. The van der Waals surface area contributed by atoms with E-state index in [2.05, 4.69) is 24.9 Å². The first-order valence-electron chi connectivity index (χ1n) is 8.18. The van der Waals surface area contributed by atoms with Crippen LogP contribution in [0.2, 0.25) is 0 Å². The summed E-state index contributed by atoms with van der Waals surface area (Å²) in [4.78, 5) is 24.9. The molecule has 0 aromatic carbocycles. The standard InChI is InChI=1S/C16H24N6O2/c1-12-9-13(22-15(19-12)17-11-18-22)21-7-5-20(6-8-21)10-14(23)24-16(2,3)4/h9,11H,5-8,10H2,1-4H3. The SMILES string of the molecule is Cc1cc(N2CCN(CC(=O)OC(C)(C)C)CC2)n2ncnc2n1. The molecule has 1 saturated heterocycles. The number of hydrogen-bond acceptors (Lipinski definition) is 7. The van der Waals surface area contributed by atoms with Gasteiger partial charge in [0.2, 0.25) is 0 Å². The van der Waals surface area contributed by atoms with Gasteiger partial charge in [-0.25, -0.2) is 4.98 Å². The second kappa shape index (κ2) is 6.35. The smallest absolute Gasteiger partial charge is 0.320 e. The van der Waals surface area contributed by atoms with E-state index in [0.29, 0.717) is 12.3 Å². The van der Waals surface area contributed by atoms with Crippen molar-refractivity contribution >= 4 is 17.6 Å². The van der Waals surface area contributed by atoms with Crippen LogP contribution in [-0.2, 0) is 9.53 Å². The van der Waals surface area contributed by atoms with Gasteiger partial charge in [-0.2, -0.15) is 14.6 Å². The van der Waals surface area contributed by atoms with E-state index in [1.807, 2.05) is 33.8 Å². The molecule has 0 saturated carbocycles. The highest BCUT2D eigenvalue weighted by atomic mass is 16.6. The van der Waals surface area contributed by atoms with Gasteiger partial charge in [0.15, 0.2) is 0 Å². The third kappa shape index (κ3) is 3.81. The predicted molar refractivity (Wildman–Crippen MR) is 90.0 cm³/mol. The van der Waals surface area contributed by atoms with E-state index in [4.69, 9.17) is 4.74 Å². The molecule has 8 heteroatoms. The summed E-state index contributed by atoms with van der Waals surface area (Å²) in [5, 5.41) is 4.26. The van der Waals surface area contributed by atoms with Gasteiger partial charge < -0.3 is 9.64 Å². The summed E-state index contributed by atoms with van der Waals surface area (Å²) in [5.41, 5.74) is 0.480. The lowest BCUT2D eigenvalue weighted by Gasteiger charge is -2.35. The molecule has 24 heavy (non-hydrogen) atoms. The van der Waals surface area contributed by atoms with Gasteiger partial charge in [-0.05, 0) is 27.7 Å². The molecule has 2 aromatic rings. The third-order valence-electron chi connectivity index (χ3n) is 3.83. The zero-order valence-electron chi connectivity index (χ0n) is 14.7. The molecule has 0 aliphatic carbocycles. The summed E-state index contributed by atoms with van der Waals surface area (Å²) >= 11 is 0. The van der Waals surface area contributed by atoms with Crippen LogP contribution < -0.4 is 4.90 Å². The number of rotatable bonds is 3. The van der Waals surface area contributed by atoms with Crippen LogP contribution in [0.5, 0.6) is 0 Å². The van der Waals surface area contributed by atoms with Crippen LogP contribution in [0, 0.1) is 6.92 Å². The van der Waals surface area contributed by atoms with E-state index in [1.54, 1.807) is 4.52 Å².